The predicted molar refractivity (Wildman–Crippen MR) is 152 cm³/mol. The van der Waals surface area contributed by atoms with E-state index in [2.05, 4.69) is 101 Å². The summed E-state index contributed by atoms with van der Waals surface area (Å²) < 4.78 is 6.70. The van der Waals surface area contributed by atoms with Crippen molar-refractivity contribution in [1.29, 1.82) is 0 Å². The molecular weight excluding hydrogens is 438 g/mol. The number of aromatic nitrogens is 1. The van der Waals surface area contributed by atoms with Gasteiger partial charge in [-0.25, -0.2) is 0 Å². The van der Waals surface area contributed by atoms with Gasteiger partial charge in [-0.05, 0) is 76.1 Å². The molecule has 0 amide bonds. The Bertz CT molecular complexity index is 1850. The van der Waals surface area contributed by atoms with Crippen molar-refractivity contribution in [1.82, 2.24) is 4.98 Å². The smallest absolute Gasteiger partial charge is 0.139 e. The molecule has 0 fully saturated rings. The minimum atomic E-state index is 0.0885. The molecule has 1 aliphatic rings. The van der Waals surface area contributed by atoms with Gasteiger partial charge in [-0.15, -0.1) is 0 Å². The van der Waals surface area contributed by atoms with E-state index >= 15 is 0 Å². The van der Waals surface area contributed by atoms with Crippen LogP contribution in [0.3, 0.4) is 0 Å². The lowest BCUT2D eigenvalue weighted by molar-refractivity contribution is 0.331. The molecule has 0 spiro atoms. The van der Waals surface area contributed by atoms with Crippen molar-refractivity contribution in [3.8, 4) is 11.3 Å². The summed E-state index contributed by atoms with van der Waals surface area (Å²) in [6.07, 6.45) is 4.29. The van der Waals surface area contributed by atoms with Crippen LogP contribution in [0, 0.1) is 6.92 Å². The van der Waals surface area contributed by atoms with Gasteiger partial charge in [0.1, 0.15) is 11.2 Å². The van der Waals surface area contributed by atoms with Crippen molar-refractivity contribution < 1.29 is 4.42 Å². The first-order valence-corrected chi connectivity index (χ1v) is 13.0. The summed E-state index contributed by atoms with van der Waals surface area (Å²) in [7, 11) is 0. The SMILES string of the molecule is Cc1ccc(-c2nccc3cc4oc5c6c(ccc5c4cc23)C(C)(C)CCC6(C)C)c2ccccc12. The number of fused-ring (bicyclic) bond motifs is 7. The molecule has 1 aliphatic carbocycles. The van der Waals surface area contributed by atoms with E-state index in [-0.39, 0.29) is 10.8 Å². The Morgan fingerprint density at radius 3 is 2.33 bits per heavy atom. The average Bonchev–Trinajstić information content (AvgIpc) is 3.23. The molecule has 0 saturated heterocycles. The maximum atomic E-state index is 6.70. The van der Waals surface area contributed by atoms with Crippen LogP contribution in [0.25, 0.3) is 54.7 Å². The van der Waals surface area contributed by atoms with Gasteiger partial charge in [0.2, 0.25) is 0 Å². The lowest BCUT2D eigenvalue weighted by atomic mass is 9.63. The summed E-state index contributed by atoms with van der Waals surface area (Å²) in [5, 5.41) is 7.22. The van der Waals surface area contributed by atoms with Gasteiger partial charge >= 0.3 is 0 Å². The maximum Gasteiger partial charge on any atom is 0.139 e. The number of nitrogens with zero attached hydrogens (tertiary/aromatic N) is 1. The first-order chi connectivity index (χ1) is 17.2. The highest BCUT2D eigenvalue weighted by molar-refractivity contribution is 6.14. The molecule has 6 aromatic rings. The van der Waals surface area contributed by atoms with E-state index in [1.54, 1.807) is 0 Å². The van der Waals surface area contributed by atoms with Crippen LogP contribution in [0.15, 0.2) is 77.3 Å². The first-order valence-electron chi connectivity index (χ1n) is 13.0. The van der Waals surface area contributed by atoms with Crippen LogP contribution in [-0.2, 0) is 10.8 Å². The van der Waals surface area contributed by atoms with Gasteiger partial charge in [0.25, 0.3) is 0 Å². The monoisotopic (exact) mass is 469 g/mol. The van der Waals surface area contributed by atoms with E-state index in [9.17, 15) is 0 Å². The molecule has 4 aromatic carbocycles. The van der Waals surface area contributed by atoms with Crippen molar-refractivity contribution in [3.63, 3.8) is 0 Å². The minimum Gasteiger partial charge on any atom is -0.456 e. The molecule has 2 nitrogen and oxygen atoms in total. The maximum absolute atomic E-state index is 6.70. The number of pyridine rings is 1. The summed E-state index contributed by atoms with van der Waals surface area (Å²) in [6, 6.07) is 24.3. The third kappa shape index (κ3) is 2.94. The number of hydrogen-bond donors (Lipinski definition) is 0. The topological polar surface area (TPSA) is 26.0 Å². The molecule has 2 heterocycles. The molecule has 0 saturated carbocycles. The van der Waals surface area contributed by atoms with E-state index in [0.29, 0.717) is 0 Å². The zero-order chi connectivity index (χ0) is 24.8. The first kappa shape index (κ1) is 21.6. The quantitative estimate of drug-likeness (QED) is 0.239. The highest BCUT2D eigenvalue weighted by Gasteiger charge is 2.39. The summed E-state index contributed by atoms with van der Waals surface area (Å²) >= 11 is 0. The molecule has 0 bridgehead atoms. The van der Waals surface area contributed by atoms with E-state index in [4.69, 9.17) is 9.40 Å². The molecule has 0 atom stereocenters. The fraction of sp³-hybridized carbons (Fsp3) is 0.265. The third-order valence-corrected chi connectivity index (χ3v) is 8.70. The van der Waals surface area contributed by atoms with Crippen LogP contribution in [-0.4, -0.2) is 4.98 Å². The summed E-state index contributed by atoms with van der Waals surface area (Å²) in [4.78, 5) is 4.91. The highest BCUT2D eigenvalue weighted by Crippen LogP contribution is 2.50. The second kappa shape index (κ2) is 7.20. The largest absolute Gasteiger partial charge is 0.456 e. The number of furan rings is 1. The lowest BCUT2D eigenvalue weighted by Gasteiger charge is -2.41. The molecule has 7 rings (SSSR count). The van der Waals surface area contributed by atoms with Crippen LogP contribution in [0.5, 0.6) is 0 Å². The van der Waals surface area contributed by atoms with E-state index in [0.717, 1.165) is 22.2 Å². The van der Waals surface area contributed by atoms with E-state index in [1.165, 1.54) is 62.0 Å². The molecular formula is C34H31NO. The van der Waals surface area contributed by atoms with Gasteiger partial charge in [-0.1, -0.05) is 76.2 Å². The van der Waals surface area contributed by atoms with Crippen molar-refractivity contribution >= 4 is 43.5 Å². The molecule has 0 N–H and O–H groups in total. The molecule has 36 heavy (non-hydrogen) atoms. The summed E-state index contributed by atoms with van der Waals surface area (Å²) in [5.74, 6) is 0. The van der Waals surface area contributed by atoms with Crippen molar-refractivity contribution in [2.75, 3.05) is 0 Å². The van der Waals surface area contributed by atoms with Gasteiger partial charge in [-0.3, -0.25) is 4.98 Å². The van der Waals surface area contributed by atoms with Crippen LogP contribution < -0.4 is 0 Å². The van der Waals surface area contributed by atoms with Crippen molar-refractivity contribution in [3.05, 3.63) is 89.6 Å². The normalized spacial score (nSPS) is 16.7. The lowest BCUT2D eigenvalue weighted by Crippen LogP contribution is -2.33. The predicted octanol–water partition coefficient (Wildman–Crippen LogP) is 9.61. The average molecular weight is 470 g/mol. The standard InChI is InChI=1S/C34H31NO/c1-20-10-11-24(23-9-7-6-8-22(20)23)31-26-19-27-25-12-13-28-30(34(4,5)16-15-33(28,2)3)32(25)36-29(27)18-21(26)14-17-35-31/h6-14,17-19H,15-16H2,1-5H3. The van der Waals surface area contributed by atoms with E-state index in [1.807, 2.05) is 6.20 Å². The van der Waals surface area contributed by atoms with Gasteiger partial charge < -0.3 is 4.42 Å². The summed E-state index contributed by atoms with van der Waals surface area (Å²) in [5.41, 5.74) is 8.57. The van der Waals surface area contributed by atoms with Crippen LogP contribution in [0.4, 0.5) is 0 Å². The second-order valence-electron chi connectivity index (χ2n) is 11.9. The molecule has 2 heteroatoms. The molecule has 0 aliphatic heterocycles. The summed E-state index contributed by atoms with van der Waals surface area (Å²) in [6.45, 7) is 11.7. The Morgan fingerprint density at radius 1 is 0.722 bits per heavy atom. The molecule has 178 valence electrons. The van der Waals surface area contributed by atoms with Crippen LogP contribution in [0.1, 0.15) is 57.2 Å². The van der Waals surface area contributed by atoms with Crippen molar-refractivity contribution in [2.24, 2.45) is 0 Å². The Kier molecular flexibility index (Phi) is 4.32. The third-order valence-electron chi connectivity index (χ3n) is 8.70. The Morgan fingerprint density at radius 2 is 1.50 bits per heavy atom. The minimum absolute atomic E-state index is 0.0885. The zero-order valence-corrected chi connectivity index (χ0v) is 21.7. The van der Waals surface area contributed by atoms with Gasteiger partial charge in [0.05, 0.1) is 5.69 Å². The Balaban J connectivity index is 1.56. The Labute approximate surface area is 212 Å². The fourth-order valence-electron chi connectivity index (χ4n) is 6.50. The van der Waals surface area contributed by atoms with Crippen molar-refractivity contribution in [2.45, 2.75) is 58.3 Å². The van der Waals surface area contributed by atoms with Gasteiger partial charge in [0, 0.05) is 33.5 Å². The number of benzene rings is 4. The Hall–Kier alpha value is -3.65. The number of aryl methyl sites for hydroxylation is 1. The van der Waals surface area contributed by atoms with Gasteiger partial charge in [0.15, 0.2) is 0 Å². The van der Waals surface area contributed by atoms with Gasteiger partial charge in [-0.2, -0.15) is 0 Å². The number of rotatable bonds is 1. The molecule has 0 unspecified atom stereocenters. The number of hydrogen-bond acceptors (Lipinski definition) is 2. The molecule has 2 aromatic heterocycles. The second-order valence-corrected chi connectivity index (χ2v) is 11.9. The fourth-order valence-corrected chi connectivity index (χ4v) is 6.50. The molecule has 0 radical (unpaired) electrons. The van der Waals surface area contributed by atoms with Crippen LogP contribution in [0.2, 0.25) is 0 Å². The van der Waals surface area contributed by atoms with E-state index < -0.39 is 0 Å². The zero-order valence-electron chi connectivity index (χ0n) is 21.7. The van der Waals surface area contributed by atoms with Crippen LogP contribution >= 0.6 is 0 Å². The highest BCUT2D eigenvalue weighted by atomic mass is 16.3.